The zero-order chi connectivity index (χ0) is 16.4. The van der Waals surface area contributed by atoms with Crippen LogP contribution in [0.1, 0.15) is 12.5 Å². The fourth-order valence-electron chi connectivity index (χ4n) is 2.47. The average molecular weight is 330 g/mol. The Bertz CT molecular complexity index is 786. The first-order valence-electron chi connectivity index (χ1n) is 7.17. The van der Waals surface area contributed by atoms with Gasteiger partial charge >= 0.3 is 0 Å². The van der Waals surface area contributed by atoms with Crippen LogP contribution < -0.4 is 14.4 Å². The van der Waals surface area contributed by atoms with Crippen LogP contribution in [0.4, 0.5) is 5.69 Å². The molecule has 0 radical (unpaired) electrons. The van der Waals surface area contributed by atoms with E-state index in [2.05, 4.69) is 0 Å². The molecule has 2 aromatic rings. The third-order valence-corrected chi connectivity index (χ3v) is 3.73. The SMILES string of the molecule is COc1ccc2c(c1)N(Cc1cccc(Cl)c1)/C(=C/C(C)=O)O2. The molecule has 0 saturated heterocycles. The Hall–Kier alpha value is -2.46. The summed E-state index contributed by atoms with van der Waals surface area (Å²) in [5.74, 6) is 1.85. The predicted molar refractivity (Wildman–Crippen MR) is 90.0 cm³/mol. The number of anilines is 1. The van der Waals surface area contributed by atoms with Gasteiger partial charge in [-0.3, -0.25) is 4.79 Å². The van der Waals surface area contributed by atoms with Crippen molar-refractivity contribution in [2.75, 3.05) is 12.0 Å². The molecule has 0 spiro atoms. The van der Waals surface area contributed by atoms with Crippen molar-refractivity contribution in [3.05, 3.63) is 65.0 Å². The number of halogens is 1. The molecule has 2 aromatic carbocycles. The van der Waals surface area contributed by atoms with Crippen LogP contribution in [0.25, 0.3) is 0 Å². The van der Waals surface area contributed by atoms with Crippen LogP contribution in [0.5, 0.6) is 11.5 Å². The van der Waals surface area contributed by atoms with Crippen molar-refractivity contribution in [2.45, 2.75) is 13.5 Å². The standard InChI is InChI=1S/C18H16ClNO3/c1-12(21)8-18-20(11-13-4-3-5-14(19)9-13)16-10-15(22-2)6-7-17(16)23-18/h3-10H,11H2,1-2H3/b18-8-. The molecular formula is C18H16ClNO3. The third kappa shape index (κ3) is 3.32. The first-order chi connectivity index (χ1) is 11.1. The van der Waals surface area contributed by atoms with Crippen molar-refractivity contribution in [3.8, 4) is 11.5 Å². The van der Waals surface area contributed by atoms with Gasteiger partial charge in [-0.05, 0) is 36.8 Å². The van der Waals surface area contributed by atoms with Crippen molar-refractivity contribution < 1.29 is 14.3 Å². The molecule has 5 heteroatoms. The minimum absolute atomic E-state index is 0.0733. The minimum Gasteiger partial charge on any atom is -0.497 e. The summed E-state index contributed by atoms with van der Waals surface area (Å²) in [4.78, 5) is 13.4. The van der Waals surface area contributed by atoms with Gasteiger partial charge in [-0.25, -0.2) is 0 Å². The lowest BCUT2D eigenvalue weighted by molar-refractivity contribution is -0.112. The van der Waals surface area contributed by atoms with E-state index in [0.717, 1.165) is 17.0 Å². The number of benzene rings is 2. The topological polar surface area (TPSA) is 38.8 Å². The maximum atomic E-state index is 11.5. The monoisotopic (exact) mass is 329 g/mol. The molecule has 0 fully saturated rings. The van der Waals surface area contributed by atoms with E-state index in [1.165, 1.54) is 13.0 Å². The van der Waals surface area contributed by atoms with Gasteiger partial charge in [-0.2, -0.15) is 0 Å². The van der Waals surface area contributed by atoms with E-state index in [-0.39, 0.29) is 5.78 Å². The Morgan fingerprint density at radius 2 is 2.13 bits per heavy atom. The van der Waals surface area contributed by atoms with Crippen LogP contribution >= 0.6 is 11.6 Å². The van der Waals surface area contributed by atoms with Gasteiger partial charge < -0.3 is 14.4 Å². The first kappa shape index (κ1) is 15.4. The number of rotatable bonds is 4. The smallest absolute Gasteiger partial charge is 0.204 e. The molecule has 4 nitrogen and oxygen atoms in total. The minimum atomic E-state index is -0.0733. The van der Waals surface area contributed by atoms with Crippen LogP contribution in [0.2, 0.25) is 5.02 Å². The second-order valence-electron chi connectivity index (χ2n) is 5.25. The molecule has 0 bridgehead atoms. The molecule has 0 unspecified atom stereocenters. The fourth-order valence-corrected chi connectivity index (χ4v) is 2.68. The molecule has 1 aliphatic rings. The fraction of sp³-hybridized carbons (Fsp3) is 0.167. The Kier molecular flexibility index (Phi) is 4.26. The Morgan fingerprint density at radius 1 is 1.30 bits per heavy atom. The van der Waals surface area contributed by atoms with Crippen molar-refractivity contribution in [2.24, 2.45) is 0 Å². The summed E-state index contributed by atoms with van der Waals surface area (Å²) >= 11 is 6.06. The number of methoxy groups -OCH3 is 1. The molecular weight excluding hydrogens is 314 g/mol. The van der Waals surface area contributed by atoms with Crippen LogP contribution in [0.3, 0.4) is 0 Å². The summed E-state index contributed by atoms with van der Waals surface area (Å²) < 4.78 is 11.1. The van der Waals surface area contributed by atoms with Crippen molar-refractivity contribution >= 4 is 23.1 Å². The quantitative estimate of drug-likeness (QED) is 0.789. The molecule has 0 N–H and O–H groups in total. The van der Waals surface area contributed by atoms with Gasteiger partial charge in [0.15, 0.2) is 11.5 Å². The normalized spacial score (nSPS) is 14.6. The highest BCUT2D eigenvalue weighted by molar-refractivity contribution is 6.30. The Balaban J connectivity index is 2.01. The lowest BCUT2D eigenvalue weighted by atomic mass is 10.2. The Labute approximate surface area is 139 Å². The molecule has 0 saturated carbocycles. The second-order valence-corrected chi connectivity index (χ2v) is 5.68. The third-order valence-electron chi connectivity index (χ3n) is 3.49. The number of ether oxygens (including phenoxy) is 2. The van der Waals surface area contributed by atoms with Crippen molar-refractivity contribution in [3.63, 3.8) is 0 Å². The number of nitrogens with zero attached hydrogens (tertiary/aromatic N) is 1. The van der Waals surface area contributed by atoms with E-state index in [9.17, 15) is 4.79 Å². The van der Waals surface area contributed by atoms with E-state index < -0.39 is 0 Å². The van der Waals surface area contributed by atoms with Crippen LogP contribution in [0.15, 0.2) is 54.4 Å². The van der Waals surface area contributed by atoms with Gasteiger partial charge in [0.2, 0.25) is 5.88 Å². The highest BCUT2D eigenvalue weighted by Gasteiger charge is 2.27. The number of allylic oxidation sites excluding steroid dienone is 1. The predicted octanol–water partition coefficient (Wildman–Crippen LogP) is 4.18. The van der Waals surface area contributed by atoms with E-state index in [4.69, 9.17) is 21.1 Å². The van der Waals surface area contributed by atoms with E-state index in [1.807, 2.05) is 47.4 Å². The summed E-state index contributed by atoms with van der Waals surface area (Å²) in [6.07, 6.45) is 1.48. The molecule has 3 rings (SSSR count). The van der Waals surface area contributed by atoms with Gasteiger partial charge in [-0.1, -0.05) is 23.7 Å². The van der Waals surface area contributed by atoms with Crippen LogP contribution in [-0.2, 0) is 11.3 Å². The number of fused-ring (bicyclic) bond motifs is 1. The number of carbonyl (C=O) groups is 1. The van der Waals surface area contributed by atoms with Crippen LogP contribution in [0, 0.1) is 0 Å². The summed E-state index contributed by atoms with van der Waals surface area (Å²) in [6.45, 7) is 2.04. The average Bonchev–Trinajstić information content (AvgIpc) is 2.83. The molecule has 1 heterocycles. The lowest BCUT2D eigenvalue weighted by Crippen LogP contribution is -2.20. The summed E-state index contributed by atoms with van der Waals surface area (Å²) in [6, 6.07) is 13.2. The molecule has 0 aromatic heterocycles. The van der Waals surface area contributed by atoms with Gasteiger partial charge in [0.1, 0.15) is 5.75 Å². The number of hydrogen-bond acceptors (Lipinski definition) is 4. The highest BCUT2D eigenvalue weighted by Crippen LogP contribution is 2.42. The van der Waals surface area contributed by atoms with Gasteiger partial charge in [0.25, 0.3) is 0 Å². The Morgan fingerprint density at radius 3 is 2.83 bits per heavy atom. The van der Waals surface area contributed by atoms with E-state index in [0.29, 0.717) is 23.2 Å². The molecule has 0 aliphatic carbocycles. The van der Waals surface area contributed by atoms with Crippen LogP contribution in [-0.4, -0.2) is 12.9 Å². The van der Waals surface area contributed by atoms with E-state index >= 15 is 0 Å². The highest BCUT2D eigenvalue weighted by atomic mass is 35.5. The maximum absolute atomic E-state index is 11.5. The van der Waals surface area contributed by atoms with Crippen molar-refractivity contribution in [1.29, 1.82) is 0 Å². The van der Waals surface area contributed by atoms with Gasteiger partial charge in [0, 0.05) is 17.2 Å². The maximum Gasteiger partial charge on any atom is 0.204 e. The zero-order valence-electron chi connectivity index (χ0n) is 12.9. The van der Waals surface area contributed by atoms with E-state index in [1.54, 1.807) is 7.11 Å². The first-order valence-corrected chi connectivity index (χ1v) is 7.55. The van der Waals surface area contributed by atoms with Crippen molar-refractivity contribution in [1.82, 2.24) is 0 Å². The molecule has 118 valence electrons. The number of carbonyl (C=O) groups excluding carboxylic acids is 1. The molecule has 23 heavy (non-hydrogen) atoms. The molecule has 1 aliphatic heterocycles. The summed E-state index contributed by atoms with van der Waals surface area (Å²) in [5, 5.41) is 0.672. The summed E-state index contributed by atoms with van der Waals surface area (Å²) in [5.41, 5.74) is 1.88. The summed E-state index contributed by atoms with van der Waals surface area (Å²) in [7, 11) is 1.62. The molecule has 0 atom stereocenters. The zero-order valence-corrected chi connectivity index (χ0v) is 13.6. The van der Waals surface area contributed by atoms with Gasteiger partial charge in [0.05, 0.1) is 19.3 Å². The van der Waals surface area contributed by atoms with Gasteiger partial charge in [-0.15, -0.1) is 0 Å². The number of hydrogen-bond donors (Lipinski definition) is 0. The largest absolute Gasteiger partial charge is 0.497 e. The second kappa shape index (κ2) is 6.34. The molecule has 0 amide bonds. The number of ketones is 1. The lowest BCUT2D eigenvalue weighted by Gasteiger charge is -2.18.